The topological polar surface area (TPSA) is 108 Å². The van der Waals surface area contributed by atoms with E-state index in [0.717, 1.165) is 16.8 Å². The van der Waals surface area contributed by atoms with Crippen molar-refractivity contribution in [2.45, 2.75) is 12.5 Å². The maximum Gasteiger partial charge on any atom is 0.412 e. The van der Waals surface area contributed by atoms with E-state index in [9.17, 15) is 14.7 Å². The van der Waals surface area contributed by atoms with Crippen LogP contribution in [0.5, 0.6) is 5.75 Å². The molecule has 0 saturated carbocycles. The Morgan fingerprint density at radius 3 is 2.48 bits per heavy atom. The summed E-state index contributed by atoms with van der Waals surface area (Å²) >= 11 is 0. The number of benzene rings is 3. The van der Waals surface area contributed by atoms with Crippen LogP contribution in [0.25, 0.3) is 10.8 Å². The number of rotatable bonds is 6. The number of phenolic OH excluding ortho intramolecular Hbond substituents is 1. The first-order chi connectivity index (χ1) is 14.1. The van der Waals surface area contributed by atoms with Gasteiger partial charge in [0.2, 0.25) is 0 Å². The number of hydrogen-bond acceptors (Lipinski definition) is 5. The van der Waals surface area contributed by atoms with E-state index in [1.54, 1.807) is 18.2 Å². The highest BCUT2D eigenvalue weighted by molar-refractivity contribution is 6.00. The summed E-state index contributed by atoms with van der Waals surface area (Å²) in [4.78, 5) is 23.7. The maximum absolute atomic E-state index is 12.5. The zero-order chi connectivity index (χ0) is 20.6. The number of carbonyl (C=O) groups excluding carboxylic acids is 2. The van der Waals surface area contributed by atoms with Crippen LogP contribution < -0.4 is 10.8 Å². The molecule has 7 nitrogen and oxygen atoms in total. The van der Waals surface area contributed by atoms with Crippen LogP contribution in [0.2, 0.25) is 0 Å². The van der Waals surface area contributed by atoms with Crippen molar-refractivity contribution in [1.29, 1.82) is 0 Å². The Hall–Kier alpha value is -3.84. The number of anilines is 1. The van der Waals surface area contributed by atoms with Gasteiger partial charge in [0, 0.05) is 17.9 Å². The van der Waals surface area contributed by atoms with Crippen molar-refractivity contribution in [3.63, 3.8) is 0 Å². The molecule has 0 fully saturated rings. The fourth-order valence-corrected chi connectivity index (χ4v) is 2.88. The molecule has 0 radical (unpaired) electrons. The lowest BCUT2D eigenvalue weighted by molar-refractivity contribution is -0.124. The third-order valence-electron chi connectivity index (χ3n) is 4.27. The van der Waals surface area contributed by atoms with Crippen molar-refractivity contribution in [2.24, 2.45) is 0 Å². The summed E-state index contributed by atoms with van der Waals surface area (Å²) in [5.74, 6) is -0.599. The molecule has 1 atom stereocenters. The summed E-state index contributed by atoms with van der Waals surface area (Å²) in [6.45, 7) is 0. The van der Waals surface area contributed by atoms with Crippen molar-refractivity contribution in [1.82, 2.24) is 5.48 Å². The molecule has 0 aromatic heterocycles. The molecule has 0 aliphatic carbocycles. The molecular formula is C22H20N2O5. The van der Waals surface area contributed by atoms with Crippen LogP contribution in [0, 0.1) is 0 Å². The van der Waals surface area contributed by atoms with Crippen molar-refractivity contribution < 1.29 is 24.6 Å². The van der Waals surface area contributed by atoms with Gasteiger partial charge in [-0.25, -0.2) is 10.3 Å². The average molecular weight is 392 g/mol. The van der Waals surface area contributed by atoms with Crippen LogP contribution in [0.4, 0.5) is 10.5 Å². The normalized spacial score (nSPS) is 11.9. The van der Waals surface area contributed by atoms with E-state index in [4.69, 9.17) is 9.94 Å². The molecule has 7 heteroatoms. The first-order valence-electron chi connectivity index (χ1n) is 8.92. The number of ether oxygens (including phenoxy) is 1. The summed E-state index contributed by atoms with van der Waals surface area (Å²) < 4.78 is 5.57. The van der Waals surface area contributed by atoms with E-state index in [-0.39, 0.29) is 12.2 Å². The average Bonchev–Trinajstić information content (AvgIpc) is 2.73. The van der Waals surface area contributed by atoms with Gasteiger partial charge >= 0.3 is 6.09 Å². The molecule has 3 aromatic carbocycles. The largest absolute Gasteiger partial charge is 0.508 e. The third kappa shape index (κ3) is 5.33. The van der Waals surface area contributed by atoms with Crippen molar-refractivity contribution in [2.75, 3.05) is 5.32 Å². The van der Waals surface area contributed by atoms with Gasteiger partial charge in [-0.15, -0.1) is 0 Å². The summed E-state index contributed by atoms with van der Waals surface area (Å²) in [5, 5.41) is 22.7. The number of nitrogens with one attached hydrogen (secondary N) is 2. The molecule has 0 aliphatic heterocycles. The third-order valence-corrected chi connectivity index (χ3v) is 4.27. The summed E-state index contributed by atoms with van der Waals surface area (Å²) in [7, 11) is 0. The SMILES string of the molecule is O=C(/C=C/C[C@@H](OC(=O)Nc1cccc2ccccc12)c1ccc(O)cc1)NO. The Bertz CT molecular complexity index is 1030. The molecule has 0 unspecified atom stereocenters. The van der Waals surface area contributed by atoms with Crippen LogP contribution >= 0.6 is 0 Å². The number of aromatic hydroxyl groups is 1. The van der Waals surface area contributed by atoms with Gasteiger partial charge in [-0.05, 0) is 29.1 Å². The summed E-state index contributed by atoms with van der Waals surface area (Å²) in [5.41, 5.74) is 2.76. The van der Waals surface area contributed by atoms with E-state index < -0.39 is 18.1 Å². The van der Waals surface area contributed by atoms with Gasteiger partial charge in [-0.3, -0.25) is 15.3 Å². The highest BCUT2D eigenvalue weighted by atomic mass is 16.6. The van der Waals surface area contributed by atoms with Gasteiger partial charge < -0.3 is 9.84 Å². The second kappa shape index (κ2) is 9.38. The Morgan fingerprint density at radius 2 is 1.72 bits per heavy atom. The maximum atomic E-state index is 12.5. The van der Waals surface area contributed by atoms with E-state index >= 15 is 0 Å². The first kappa shape index (κ1) is 19.9. The van der Waals surface area contributed by atoms with E-state index in [1.807, 2.05) is 36.4 Å². The number of fused-ring (bicyclic) bond motifs is 1. The Balaban J connectivity index is 1.77. The van der Waals surface area contributed by atoms with Crippen LogP contribution in [-0.2, 0) is 9.53 Å². The number of hydroxylamine groups is 1. The monoisotopic (exact) mass is 392 g/mol. The van der Waals surface area contributed by atoms with Gasteiger partial charge in [0.05, 0.1) is 5.69 Å². The lowest BCUT2D eigenvalue weighted by atomic mass is 10.1. The molecule has 4 N–H and O–H groups in total. The van der Waals surface area contributed by atoms with Crippen molar-refractivity contribution >= 4 is 28.5 Å². The second-order valence-corrected chi connectivity index (χ2v) is 6.25. The van der Waals surface area contributed by atoms with Gasteiger partial charge in [0.25, 0.3) is 5.91 Å². The minimum atomic E-state index is -0.701. The Morgan fingerprint density at radius 1 is 1.00 bits per heavy atom. The predicted octanol–water partition coefficient (Wildman–Crippen LogP) is 4.29. The van der Waals surface area contributed by atoms with E-state index in [2.05, 4.69) is 5.32 Å². The highest BCUT2D eigenvalue weighted by Crippen LogP contribution is 2.26. The molecule has 3 rings (SSSR count). The van der Waals surface area contributed by atoms with Gasteiger partial charge in [-0.1, -0.05) is 54.6 Å². The molecule has 0 saturated heterocycles. The minimum Gasteiger partial charge on any atom is -0.508 e. The molecule has 29 heavy (non-hydrogen) atoms. The lowest BCUT2D eigenvalue weighted by Gasteiger charge is -2.18. The fourth-order valence-electron chi connectivity index (χ4n) is 2.88. The van der Waals surface area contributed by atoms with Crippen molar-refractivity contribution in [3.8, 4) is 5.75 Å². The molecule has 0 bridgehead atoms. The molecule has 0 heterocycles. The number of amides is 2. The smallest absolute Gasteiger partial charge is 0.412 e. The molecule has 2 amide bonds. The second-order valence-electron chi connectivity index (χ2n) is 6.25. The van der Waals surface area contributed by atoms with Crippen LogP contribution in [0.3, 0.4) is 0 Å². The van der Waals surface area contributed by atoms with Gasteiger partial charge in [-0.2, -0.15) is 0 Å². The van der Waals surface area contributed by atoms with Crippen molar-refractivity contribution in [3.05, 3.63) is 84.4 Å². The van der Waals surface area contributed by atoms with Crippen LogP contribution in [0.1, 0.15) is 18.1 Å². The number of phenols is 1. The fraction of sp³-hybridized carbons (Fsp3) is 0.0909. The molecule has 148 valence electrons. The Labute approximate surface area is 167 Å². The predicted molar refractivity (Wildman–Crippen MR) is 109 cm³/mol. The standard InChI is InChI=1S/C22H20N2O5/c25-17-13-11-16(12-14-17)20(9-4-10-21(26)24-28)29-22(27)23-19-8-3-6-15-5-1-2-7-18(15)19/h1-8,10-14,20,25,28H,9H2,(H,23,27)(H,24,26)/b10-4+/t20-/m1/s1. The molecular weight excluding hydrogens is 372 g/mol. The lowest BCUT2D eigenvalue weighted by Crippen LogP contribution is -2.18. The number of hydrogen-bond donors (Lipinski definition) is 4. The van der Waals surface area contributed by atoms with Crippen LogP contribution in [0.15, 0.2) is 78.9 Å². The zero-order valence-electron chi connectivity index (χ0n) is 15.4. The van der Waals surface area contributed by atoms with Gasteiger partial charge in [0.1, 0.15) is 11.9 Å². The Kier molecular flexibility index (Phi) is 6.44. The first-order valence-corrected chi connectivity index (χ1v) is 8.92. The molecule has 0 spiro atoms. The number of carbonyl (C=O) groups is 2. The minimum absolute atomic E-state index is 0.0860. The van der Waals surface area contributed by atoms with E-state index in [0.29, 0.717) is 11.3 Å². The zero-order valence-corrected chi connectivity index (χ0v) is 15.4. The summed E-state index contributed by atoms with van der Waals surface area (Å²) in [6, 6.07) is 19.4. The molecule has 3 aromatic rings. The highest BCUT2D eigenvalue weighted by Gasteiger charge is 2.17. The summed E-state index contributed by atoms with van der Waals surface area (Å²) in [6.07, 6.45) is 1.46. The quantitative estimate of drug-likeness (QED) is 0.284. The van der Waals surface area contributed by atoms with E-state index in [1.165, 1.54) is 23.7 Å². The van der Waals surface area contributed by atoms with Gasteiger partial charge in [0.15, 0.2) is 0 Å². The van der Waals surface area contributed by atoms with Crippen LogP contribution in [-0.4, -0.2) is 22.3 Å². The molecule has 0 aliphatic rings.